The maximum Gasteiger partial charge on any atom is 0.438 e. The number of aromatic nitrogens is 3. The summed E-state index contributed by atoms with van der Waals surface area (Å²) < 4.78 is 12.9. The summed E-state index contributed by atoms with van der Waals surface area (Å²) in [5.74, 6) is 1.05. The fourth-order valence-corrected chi connectivity index (χ4v) is 4.88. The van der Waals surface area contributed by atoms with Gasteiger partial charge in [0, 0.05) is 18.3 Å². The number of fused-ring (bicyclic) bond motifs is 1. The summed E-state index contributed by atoms with van der Waals surface area (Å²) in [5, 5.41) is 5.22. The van der Waals surface area contributed by atoms with E-state index < -0.39 is 5.76 Å². The smallest absolute Gasteiger partial charge is 0.376 e. The first-order valence-electron chi connectivity index (χ1n) is 9.71. The third-order valence-corrected chi connectivity index (χ3v) is 6.44. The maximum absolute atomic E-state index is 11.5. The molecule has 5 rings (SSSR count). The molecule has 1 saturated carbocycles. The number of hydrogen-bond acceptors (Lipinski definition) is 4. The van der Waals surface area contributed by atoms with E-state index in [-0.39, 0.29) is 11.1 Å². The van der Waals surface area contributed by atoms with Crippen LogP contribution in [0.1, 0.15) is 57.3 Å². The van der Waals surface area contributed by atoms with Crippen molar-refractivity contribution in [1.82, 2.24) is 14.7 Å². The van der Waals surface area contributed by atoms with Crippen LogP contribution in [0.3, 0.4) is 0 Å². The van der Waals surface area contributed by atoms with Gasteiger partial charge in [-0.15, -0.1) is 0 Å². The molecule has 6 nitrogen and oxygen atoms in total. The molecule has 2 aromatic heterocycles. The van der Waals surface area contributed by atoms with Crippen LogP contribution in [0.5, 0.6) is 0 Å². The number of hydrogen-bond donors (Lipinski definition) is 1. The van der Waals surface area contributed by atoms with Crippen molar-refractivity contribution in [2.75, 3.05) is 6.61 Å². The highest BCUT2D eigenvalue weighted by Gasteiger charge is 2.57. The molecule has 1 aliphatic carbocycles. The molecule has 1 aromatic carbocycles. The van der Waals surface area contributed by atoms with E-state index in [1.807, 2.05) is 0 Å². The molecule has 0 bridgehead atoms. The normalized spacial score (nSPS) is 29.9. The lowest BCUT2D eigenvalue weighted by atomic mass is 9.83. The SMILES string of the molecule is C[C@H]1C[C@]1(c1noc(=O)[nH]1)n1ccc2cc([C@H]3CCOC(C)(C)C3)ccc21. The topological polar surface area (TPSA) is 73.0 Å². The molecule has 1 aliphatic heterocycles. The van der Waals surface area contributed by atoms with E-state index in [4.69, 9.17) is 9.26 Å². The minimum atomic E-state index is -0.496. The number of aromatic amines is 1. The molecule has 3 atom stereocenters. The van der Waals surface area contributed by atoms with Crippen molar-refractivity contribution in [3.8, 4) is 0 Å². The quantitative estimate of drug-likeness (QED) is 0.765. The van der Waals surface area contributed by atoms with Crippen molar-refractivity contribution in [3.05, 3.63) is 52.4 Å². The van der Waals surface area contributed by atoms with Crippen LogP contribution in [0, 0.1) is 5.92 Å². The van der Waals surface area contributed by atoms with Gasteiger partial charge in [-0.1, -0.05) is 18.1 Å². The highest BCUT2D eigenvalue weighted by molar-refractivity contribution is 5.82. The monoisotopic (exact) mass is 367 g/mol. The Bertz CT molecular complexity index is 1060. The fraction of sp³-hybridized carbons (Fsp3) is 0.524. The zero-order chi connectivity index (χ0) is 18.8. The Morgan fingerprint density at radius 3 is 2.74 bits per heavy atom. The Kier molecular flexibility index (Phi) is 3.47. The predicted molar refractivity (Wildman–Crippen MR) is 102 cm³/mol. The third kappa shape index (κ3) is 2.57. The van der Waals surface area contributed by atoms with Crippen LogP contribution in [0.25, 0.3) is 10.9 Å². The van der Waals surface area contributed by atoms with E-state index in [2.05, 4.69) is 65.9 Å². The van der Waals surface area contributed by atoms with Gasteiger partial charge < -0.3 is 9.30 Å². The minimum absolute atomic E-state index is 0.0594. The summed E-state index contributed by atoms with van der Waals surface area (Å²) >= 11 is 0. The second-order valence-electron chi connectivity index (χ2n) is 8.77. The van der Waals surface area contributed by atoms with E-state index in [0.29, 0.717) is 17.7 Å². The zero-order valence-electron chi connectivity index (χ0n) is 16.0. The number of nitrogens with one attached hydrogen (secondary N) is 1. The average Bonchev–Trinajstić information content (AvgIpc) is 2.98. The Balaban J connectivity index is 1.54. The summed E-state index contributed by atoms with van der Waals surface area (Å²) in [6.45, 7) is 7.34. The van der Waals surface area contributed by atoms with Crippen molar-refractivity contribution >= 4 is 10.9 Å². The van der Waals surface area contributed by atoms with Crippen LogP contribution < -0.4 is 5.76 Å². The predicted octanol–water partition coefficient (Wildman–Crippen LogP) is 3.77. The molecule has 1 N–H and O–H groups in total. The first-order chi connectivity index (χ1) is 12.9. The lowest BCUT2D eigenvalue weighted by molar-refractivity contribution is -0.0592. The molecule has 0 spiro atoms. The highest BCUT2D eigenvalue weighted by Crippen LogP contribution is 2.54. The Morgan fingerprint density at radius 2 is 2.07 bits per heavy atom. The molecule has 6 heteroatoms. The zero-order valence-corrected chi connectivity index (χ0v) is 16.0. The standard InChI is InChI=1S/C21H25N3O3/c1-13-11-21(13,18-22-19(25)27-23-18)24-8-6-15-10-14(4-5-17(15)24)16-7-9-26-20(2,3)12-16/h4-6,8,10,13,16H,7,9,11-12H2,1-3H3,(H,22,23,25)/t13-,16-,21-/m0/s1. The summed E-state index contributed by atoms with van der Waals surface area (Å²) in [5.41, 5.74) is 2.18. The van der Waals surface area contributed by atoms with E-state index >= 15 is 0 Å². The molecule has 27 heavy (non-hydrogen) atoms. The second-order valence-corrected chi connectivity index (χ2v) is 8.77. The molecule has 0 radical (unpaired) electrons. The lowest BCUT2D eigenvalue weighted by Gasteiger charge is -2.35. The number of ether oxygens (including phenoxy) is 1. The van der Waals surface area contributed by atoms with E-state index in [0.717, 1.165) is 25.9 Å². The maximum atomic E-state index is 11.5. The van der Waals surface area contributed by atoms with E-state index in [1.165, 1.54) is 16.5 Å². The summed E-state index contributed by atoms with van der Waals surface area (Å²) in [4.78, 5) is 14.2. The number of nitrogens with zero attached hydrogens (tertiary/aromatic N) is 2. The highest BCUT2D eigenvalue weighted by atomic mass is 16.5. The molecular formula is C21H25N3O3. The van der Waals surface area contributed by atoms with Gasteiger partial charge in [0.1, 0.15) is 5.54 Å². The minimum Gasteiger partial charge on any atom is -0.376 e. The molecule has 142 valence electrons. The Labute approximate surface area is 157 Å². The van der Waals surface area contributed by atoms with Crippen LogP contribution in [-0.4, -0.2) is 26.9 Å². The molecule has 2 aliphatic rings. The largest absolute Gasteiger partial charge is 0.438 e. The van der Waals surface area contributed by atoms with Crippen molar-refractivity contribution in [1.29, 1.82) is 0 Å². The van der Waals surface area contributed by atoms with Crippen molar-refractivity contribution in [2.24, 2.45) is 5.92 Å². The molecule has 2 fully saturated rings. The van der Waals surface area contributed by atoms with E-state index in [9.17, 15) is 4.79 Å². The third-order valence-electron chi connectivity index (χ3n) is 6.44. The fourth-order valence-electron chi connectivity index (χ4n) is 4.88. The first kappa shape index (κ1) is 16.8. The summed E-state index contributed by atoms with van der Waals surface area (Å²) in [6.07, 6.45) is 5.16. The molecule has 0 unspecified atom stereocenters. The Morgan fingerprint density at radius 1 is 1.26 bits per heavy atom. The van der Waals surface area contributed by atoms with Gasteiger partial charge in [-0.25, -0.2) is 4.79 Å². The van der Waals surface area contributed by atoms with Crippen LogP contribution in [0.4, 0.5) is 0 Å². The van der Waals surface area contributed by atoms with Crippen LogP contribution in [-0.2, 0) is 10.3 Å². The van der Waals surface area contributed by atoms with E-state index in [1.54, 1.807) is 0 Å². The van der Waals surface area contributed by atoms with Gasteiger partial charge in [0.15, 0.2) is 5.82 Å². The molecule has 3 heterocycles. The van der Waals surface area contributed by atoms with Gasteiger partial charge >= 0.3 is 5.76 Å². The number of H-pyrrole nitrogens is 1. The van der Waals surface area contributed by atoms with Gasteiger partial charge in [-0.05, 0) is 74.1 Å². The molecular weight excluding hydrogens is 342 g/mol. The van der Waals surface area contributed by atoms with Crippen LogP contribution in [0.15, 0.2) is 39.8 Å². The lowest BCUT2D eigenvalue weighted by Crippen LogP contribution is -2.32. The number of rotatable bonds is 3. The van der Waals surface area contributed by atoms with Gasteiger partial charge in [-0.2, -0.15) is 0 Å². The van der Waals surface area contributed by atoms with Gasteiger partial charge in [0.05, 0.1) is 5.60 Å². The summed E-state index contributed by atoms with van der Waals surface area (Å²) in [6, 6.07) is 8.92. The van der Waals surface area contributed by atoms with Gasteiger partial charge in [0.25, 0.3) is 0 Å². The summed E-state index contributed by atoms with van der Waals surface area (Å²) in [7, 11) is 0. The first-order valence-corrected chi connectivity index (χ1v) is 9.71. The molecule has 3 aromatic rings. The second kappa shape index (κ2) is 5.58. The van der Waals surface area contributed by atoms with Crippen LogP contribution in [0.2, 0.25) is 0 Å². The number of benzene rings is 1. The van der Waals surface area contributed by atoms with Gasteiger partial charge in [-0.3, -0.25) is 9.51 Å². The van der Waals surface area contributed by atoms with Gasteiger partial charge in [0.2, 0.25) is 0 Å². The van der Waals surface area contributed by atoms with Crippen molar-refractivity contribution in [2.45, 2.75) is 57.1 Å². The van der Waals surface area contributed by atoms with Crippen LogP contribution >= 0.6 is 0 Å². The molecule has 1 saturated heterocycles. The average molecular weight is 367 g/mol. The Hall–Kier alpha value is -2.34. The molecule has 0 amide bonds. The van der Waals surface area contributed by atoms with Crippen molar-refractivity contribution < 1.29 is 9.26 Å². The van der Waals surface area contributed by atoms with Crippen molar-refractivity contribution in [3.63, 3.8) is 0 Å².